The van der Waals surface area contributed by atoms with Crippen LogP contribution in [0.15, 0.2) is 18.2 Å². The van der Waals surface area contributed by atoms with Crippen LogP contribution in [0, 0.1) is 0 Å². The van der Waals surface area contributed by atoms with Crippen LogP contribution in [0.5, 0.6) is 0 Å². The van der Waals surface area contributed by atoms with Crippen molar-refractivity contribution in [3.63, 3.8) is 0 Å². The van der Waals surface area contributed by atoms with Gasteiger partial charge in [0.2, 0.25) is 0 Å². The van der Waals surface area contributed by atoms with Gasteiger partial charge in [0.1, 0.15) is 0 Å². The van der Waals surface area contributed by atoms with E-state index in [-0.39, 0.29) is 6.54 Å². The highest BCUT2D eigenvalue weighted by atomic mass is 79.9. The average molecular weight is 331 g/mol. The second-order valence-electron chi connectivity index (χ2n) is 3.70. The van der Waals surface area contributed by atoms with Crippen LogP contribution in [0.4, 0.5) is 18.9 Å². The highest BCUT2D eigenvalue weighted by Gasteiger charge is 2.27. The lowest BCUT2D eigenvalue weighted by atomic mass is 10.2. The summed E-state index contributed by atoms with van der Waals surface area (Å²) in [5, 5.41) is 1.18. The zero-order chi connectivity index (χ0) is 13.1. The fourth-order valence-corrected chi connectivity index (χ4v) is 2.20. The number of benzene rings is 1. The van der Waals surface area contributed by atoms with Gasteiger partial charge >= 0.3 is 6.18 Å². The van der Waals surface area contributed by atoms with Crippen molar-refractivity contribution in [2.75, 3.05) is 18.5 Å². The molecule has 0 aliphatic rings. The molecule has 0 unspecified atom stereocenters. The molecule has 0 amide bonds. The third kappa shape index (κ3) is 4.76. The average Bonchev–Trinajstić information content (AvgIpc) is 2.24. The Morgan fingerprint density at radius 2 is 2.00 bits per heavy atom. The lowest BCUT2D eigenvalue weighted by molar-refractivity contribution is -0.132. The van der Waals surface area contributed by atoms with Crippen LogP contribution in [0.2, 0.25) is 5.02 Å². The molecule has 0 N–H and O–H groups in total. The Morgan fingerprint density at radius 1 is 1.35 bits per heavy atom. The number of rotatable bonds is 4. The van der Waals surface area contributed by atoms with Crippen molar-refractivity contribution < 1.29 is 13.2 Å². The molecule has 0 aliphatic carbocycles. The van der Waals surface area contributed by atoms with Crippen LogP contribution in [-0.4, -0.2) is 19.8 Å². The van der Waals surface area contributed by atoms with Crippen LogP contribution in [0.3, 0.4) is 0 Å². The number of alkyl halides is 4. The molecule has 0 bridgehead atoms. The summed E-state index contributed by atoms with van der Waals surface area (Å²) in [5.74, 6) is 0. The topological polar surface area (TPSA) is 3.24 Å². The molecule has 0 atom stereocenters. The monoisotopic (exact) mass is 329 g/mol. The Kier molecular flexibility index (Phi) is 5.13. The third-order valence-electron chi connectivity index (χ3n) is 2.35. The maximum absolute atomic E-state index is 12.1. The number of nitrogens with zero attached hydrogens (tertiary/aromatic N) is 1. The Hall–Kier alpha value is -0.420. The van der Waals surface area contributed by atoms with E-state index in [1.165, 1.54) is 4.90 Å². The van der Waals surface area contributed by atoms with Crippen molar-refractivity contribution in [2.45, 2.75) is 17.9 Å². The summed E-state index contributed by atoms with van der Waals surface area (Å²) in [6.45, 7) is -0.0759. The van der Waals surface area contributed by atoms with Crippen molar-refractivity contribution in [2.24, 2.45) is 0 Å². The van der Waals surface area contributed by atoms with Gasteiger partial charge in [-0.25, -0.2) is 0 Å². The summed E-state index contributed by atoms with van der Waals surface area (Å²) in [7, 11) is 1.62. The van der Waals surface area contributed by atoms with Gasteiger partial charge in [-0.2, -0.15) is 13.2 Å². The minimum absolute atomic E-state index is 0.0759. The summed E-state index contributed by atoms with van der Waals surface area (Å²) in [5.41, 5.74) is 1.60. The minimum Gasteiger partial charge on any atom is -0.374 e. The molecule has 0 radical (unpaired) electrons. The van der Waals surface area contributed by atoms with Gasteiger partial charge in [0.05, 0.1) is 6.42 Å². The second kappa shape index (κ2) is 5.96. The Morgan fingerprint density at radius 3 is 2.47 bits per heavy atom. The maximum atomic E-state index is 12.1. The summed E-state index contributed by atoms with van der Waals surface area (Å²) in [6, 6.07) is 5.24. The summed E-state index contributed by atoms with van der Waals surface area (Å²) < 4.78 is 36.2. The number of halogens is 5. The predicted octanol–water partition coefficient (Wildman–Crippen LogP) is 4.62. The van der Waals surface area contributed by atoms with E-state index in [0.29, 0.717) is 16.0 Å². The molecule has 0 saturated carbocycles. The second-order valence-corrected chi connectivity index (χ2v) is 4.66. The van der Waals surface area contributed by atoms with Crippen LogP contribution in [0.25, 0.3) is 0 Å². The quantitative estimate of drug-likeness (QED) is 0.728. The zero-order valence-electron chi connectivity index (χ0n) is 9.19. The van der Waals surface area contributed by atoms with E-state index < -0.39 is 12.6 Å². The molecule has 17 heavy (non-hydrogen) atoms. The predicted molar refractivity (Wildman–Crippen MR) is 68.0 cm³/mol. The van der Waals surface area contributed by atoms with Crippen molar-refractivity contribution in [1.82, 2.24) is 0 Å². The minimum atomic E-state index is -4.13. The van der Waals surface area contributed by atoms with Crippen molar-refractivity contribution in [3.8, 4) is 0 Å². The Bertz CT molecular complexity index is 381. The lowest BCUT2D eigenvalue weighted by Gasteiger charge is -2.20. The van der Waals surface area contributed by atoms with E-state index in [1.807, 2.05) is 0 Å². The molecule has 0 heterocycles. The maximum Gasteiger partial charge on any atom is 0.390 e. The first-order valence-electron chi connectivity index (χ1n) is 4.96. The fraction of sp³-hybridized carbons (Fsp3) is 0.455. The van der Waals surface area contributed by atoms with E-state index >= 15 is 0 Å². The molecule has 1 rings (SSSR count). The molecule has 0 fully saturated rings. The fourth-order valence-electron chi connectivity index (χ4n) is 1.31. The smallest absolute Gasteiger partial charge is 0.374 e. The highest BCUT2D eigenvalue weighted by molar-refractivity contribution is 9.08. The van der Waals surface area contributed by atoms with E-state index in [4.69, 9.17) is 11.6 Å². The van der Waals surface area contributed by atoms with Crippen molar-refractivity contribution in [1.29, 1.82) is 0 Å². The standard InChI is InChI=1S/C11H12BrClF3N/c1-17(5-4-11(14,15)16)9-3-2-8(7-12)10(13)6-9/h2-3,6H,4-5,7H2,1H3. The molecule has 0 spiro atoms. The molecule has 0 aliphatic heterocycles. The summed E-state index contributed by atoms with van der Waals surface area (Å²) in [4.78, 5) is 1.54. The normalized spacial score (nSPS) is 11.6. The molecule has 1 aromatic carbocycles. The van der Waals surface area contributed by atoms with Gasteiger partial charge in [-0.3, -0.25) is 0 Å². The summed E-state index contributed by atoms with van der Waals surface area (Å²) >= 11 is 9.26. The molecule has 6 heteroatoms. The van der Waals surface area contributed by atoms with Crippen molar-refractivity contribution in [3.05, 3.63) is 28.8 Å². The molecular weight excluding hydrogens is 318 g/mol. The molecule has 96 valence electrons. The van der Waals surface area contributed by atoms with Gasteiger partial charge in [-0.1, -0.05) is 33.6 Å². The van der Waals surface area contributed by atoms with Gasteiger partial charge in [0, 0.05) is 29.6 Å². The van der Waals surface area contributed by atoms with Gasteiger partial charge < -0.3 is 4.90 Å². The van der Waals surface area contributed by atoms with Gasteiger partial charge in [-0.05, 0) is 17.7 Å². The zero-order valence-corrected chi connectivity index (χ0v) is 11.5. The third-order valence-corrected chi connectivity index (χ3v) is 3.31. The number of anilines is 1. The Balaban J connectivity index is 2.69. The largest absolute Gasteiger partial charge is 0.390 e. The van der Waals surface area contributed by atoms with Crippen LogP contribution in [0.1, 0.15) is 12.0 Å². The van der Waals surface area contributed by atoms with Gasteiger partial charge in [-0.15, -0.1) is 0 Å². The number of hydrogen-bond acceptors (Lipinski definition) is 1. The first-order chi connectivity index (χ1) is 7.83. The van der Waals surface area contributed by atoms with Crippen LogP contribution >= 0.6 is 27.5 Å². The molecule has 1 aromatic rings. The summed E-state index contributed by atoms with van der Waals surface area (Å²) in [6.07, 6.45) is -4.96. The van der Waals surface area contributed by atoms with Crippen LogP contribution < -0.4 is 4.90 Å². The van der Waals surface area contributed by atoms with E-state index in [2.05, 4.69) is 15.9 Å². The SMILES string of the molecule is CN(CCC(F)(F)F)c1ccc(CBr)c(Cl)c1. The lowest BCUT2D eigenvalue weighted by Crippen LogP contribution is -2.23. The molecular formula is C11H12BrClF3N. The van der Waals surface area contributed by atoms with Crippen molar-refractivity contribution >= 4 is 33.2 Å². The number of hydrogen-bond donors (Lipinski definition) is 0. The first-order valence-corrected chi connectivity index (χ1v) is 6.45. The highest BCUT2D eigenvalue weighted by Crippen LogP contribution is 2.26. The van der Waals surface area contributed by atoms with E-state index in [1.54, 1.807) is 25.2 Å². The molecule has 1 nitrogen and oxygen atoms in total. The first kappa shape index (κ1) is 14.6. The van der Waals surface area contributed by atoms with E-state index in [9.17, 15) is 13.2 Å². The molecule has 0 saturated heterocycles. The molecule has 0 aromatic heterocycles. The van der Waals surface area contributed by atoms with E-state index in [0.717, 1.165) is 5.56 Å². The van der Waals surface area contributed by atoms with Gasteiger partial charge in [0.15, 0.2) is 0 Å². The van der Waals surface area contributed by atoms with Gasteiger partial charge in [0.25, 0.3) is 0 Å². The Labute approximate surface area is 112 Å². The van der Waals surface area contributed by atoms with Crippen LogP contribution in [-0.2, 0) is 5.33 Å².